The van der Waals surface area contributed by atoms with Gasteiger partial charge < -0.3 is 78.2 Å². The van der Waals surface area contributed by atoms with Crippen LogP contribution in [0, 0.1) is 54.9 Å². The quantitative estimate of drug-likeness (QED) is 0.00835. The molecule has 718 valence electrons. The predicted molar refractivity (Wildman–Crippen MR) is 538 cm³/mol. The summed E-state index contributed by atoms with van der Waals surface area (Å²) >= 11 is 2.17. The number of benzene rings is 8. The molecule has 5 aliphatic carbocycles. The van der Waals surface area contributed by atoms with E-state index in [0.29, 0.717) is 79.6 Å². The number of imidazole rings is 4. The summed E-state index contributed by atoms with van der Waals surface area (Å²) in [4.78, 5) is 153. The number of rotatable bonds is 25. The molecule has 139 heavy (non-hydrogen) atoms. The molecular formula is C105H114ClIMgN18O13. The van der Waals surface area contributed by atoms with Crippen molar-refractivity contribution in [2.45, 2.75) is 202 Å². The molecule has 12 aromatic rings. The first-order valence-corrected chi connectivity index (χ1v) is 46.6. The largest absolute Gasteiger partial charge is 2.00 e. The summed E-state index contributed by atoms with van der Waals surface area (Å²) < 4.78 is 12.7. The van der Waals surface area contributed by atoms with Crippen LogP contribution in [0.5, 0.6) is 0 Å². The molecule has 0 unspecified atom stereocenters. The second-order valence-corrected chi connectivity index (χ2v) is 37.4. The van der Waals surface area contributed by atoms with Gasteiger partial charge in [0.05, 0.1) is 33.9 Å². The molecule has 5 fully saturated rings. The van der Waals surface area contributed by atoms with Crippen molar-refractivity contribution in [1.29, 1.82) is 5.26 Å². The van der Waals surface area contributed by atoms with Crippen molar-refractivity contribution in [2.75, 3.05) is 22.9 Å². The van der Waals surface area contributed by atoms with Crippen LogP contribution in [-0.2, 0) is 4.74 Å². The van der Waals surface area contributed by atoms with E-state index in [1.165, 1.54) is 87.7 Å². The van der Waals surface area contributed by atoms with Crippen LogP contribution in [0.3, 0.4) is 0 Å². The normalized spacial score (nSPS) is 13.3. The fourth-order valence-electron chi connectivity index (χ4n) is 14.4. The number of ether oxygens (including phenoxy) is 1. The Labute approximate surface area is 843 Å². The zero-order chi connectivity index (χ0) is 98.8. The number of esters is 1. The third kappa shape index (κ3) is 29.3. The summed E-state index contributed by atoms with van der Waals surface area (Å²) in [6, 6.07) is 50.6. The Morgan fingerprint density at radius 1 is 0.439 bits per heavy atom. The number of hydrogen-bond acceptors (Lipinski definition) is 21. The first-order chi connectivity index (χ1) is 65.3. The summed E-state index contributed by atoms with van der Waals surface area (Å²) in [6.07, 6.45) is 23.9. The Bertz CT molecular complexity index is 6410. The zero-order valence-corrected chi connectivity index (χ0v) is 83.9. The van der Waals surface area contributed by atoms with E-state index in [9.17, 15) is 52.7 Å². The van der Waals surface area contributed by atoms with E-state index in [4.69, 9.17) is 38.0 Å². The molecule has 14 N–H and O–H groups in total. The van der Waals surface area contributed by atoms with E-state index >= 15 is 0 Å². The van der Waals surface area contributed by atoms with Crippen LogP contribution in [0.4, 0.5) is 23.3 Å². The summed E-state index contributed by atoms with van der Waals surface area (Å²) in [6.45, 7) is 20.9. The monoisotopic (exact) mass is 2020 g/mol. The minimum absolute atomic E-state index is 0. The van der Waals surface area contributed by atoms with Gasteiger partial charge in [0.1, 0.15) is 60.3 Å². The van der Waals surface area contributed by atoms with Crippen molar-refractivity contribution in [3.05, 3.63) is 311 Å². The summed E-state index contributed by atoms with van der Waals surface area (Å²) in [5.74, 6) is -2.40. The molecule has 31 nitrogen and oxygen atoms in total. The molecule has 0 spiro atoms. The fraction of sp³-hybridized carbons (Fsp3) is 0.305. The maximum Gasteiger partial charge on any atom is 2.00 e. The number of nitrogens with one attached hydrogen (secondary N) is 5. The average Bonchev–Trinajstić information content (AvgIpc) is 1.64. The molecule has 34 heteroatoms. The number of nitrogens with zero attached hydrogens (tertiary/aromatic N) is 9. The molecule has 4 heterocycles. The number of ketones is 4. The molecular weight excluding hydrogens is 1910 g/mol. The maximum atomic E-state index is 13.2. The Morgan fingerprint density at radius 3 is 1.06 bits per heavy atom. The Hall–Kier alpha value is -14.0. The zero-order valence-electron chi connectivity index (χ0n) is 79.6. The van der Waals surface area contributed by atoms with Gasteiger partial charge in [-0.25, -0.2) is 29.5 Å². The number of carbonyl (C=O) groups is 11. The number of anilines is 4. The third-order valence-electron chi connectivity index (χ3n) is 22.5. The molecule has 8 aromatic carbocycles. The van der Waals surface area contributed by atoms with E-state index < -0.39 is 17.4 Å². The topological polar surface area (TPSA) is 477 Å². The van der Waals surface area contributed by atoms with E-state index in [1.54, 1.807) is 115 Å². The van der Waals surface area contributed by atoms with Crippen LogP contribution in [0.15, 0.2) is 195 Å². The average molecular weight is 2020 g/mol. The van der Waals surface area contributed by atoms with Gasteiger partial charge in [-0.15, -0.1) is 0 Å². The van der Waals surface area contributed by atoms with Crippen LogP contribution in [0.1, 0.15) is 297 Å². The Kier molecular flexibility index (Phi) is 37.3. The van der Waals surface area contributed by atoms with Gasteiger partial charge in [-0.1, -0.05) is 106 Å². The van der Waals surface area contributed by atoms with Gasteiger partial charge >= 0.3 is 35.0 Å². The van der Waals surface area contributed by atoms with Gasteiger partial charge in [0, 0.05) is 90.3 Å². The summed E-state index contributed by atoms with van der Waals surface area (Å²) in [5.41, 5.74) is 35.6. The van der Waals surface area contributed by atoms with Gasteiger partial charge in [0.2, 0.25) is 17.3 Å². The smallest absolute Gasteiger partial charge is 1.00 e. The van der Waals surface area contributed by atoms with Crippen molar-refractivity contribution in [3.63, 3.8) is 0 Å². The molecule has 17 rings (SSSR count). The number of aromatic carboxylic acids is 1. The third-order valence-corrected chi connectivity index (χ3v) is 23.2. The minimum atomic E-state index is -1.12. The minimum Gasteiger partial charge on any atom is -1.00 e. The second kappa shape index (κ2) is 48.4. The van der Waals surface area contributed by atoms with Crippen LogP contribution in [-0.4, -0.2) is 167 Å². The second-order valence-electron chi connectivity index (χ2n) is 36.1. The van der Waals surface area contributed by atoms with E-state index in [1.807, 2.05) is 125 Å². The van der Waals surface area contributed by atoms with Gasteiger partial charge in [0.25, 0.3) is 29.5 Å². The van der Waals surface area contributed by atoms with E-state index in [0.717, 1.165) is 82.9 Å². The van der Waals surface area contributed by atoms with Crippen molar-refractivity contribution in [1.82, 2.24) is 64.8 Å². The van der Waals surface area contributed by atoms with Crippen molar-refractivity contribution >= 4 is 134 Å². The molecule has 5 amide bonds. The van der Waals surface area contributed by atoms with Crippen molar-refractivity contribution < 1.29 is 75.0 Å². The maximum absolute atomic E-state index is 13.2. The molecule has 0 saturated heterocycles. The van der Waals surface area contributed by atoms with Crippen LogP contribution in [0.25, 0.3) is 22.7 Å². The molecule has 0 radical (unpaired) electrons. The molecule has 5 saturated carbocycles. The van der Waals surface area contributed by atoms with Crippen LogP contribution < -0.4 is 61.9 Å². The fourth-order valence-corrected chi connectivity index (χ4v) is 14.9. The first kappa shape index (κ1) is 107. The van der Waals surface area contributed by atoms with Crippen LogP contribution >= 0.6 is 22.6 Å². The van der Waals surface area contributed by atoms with Gasteiger partial charge in [-0.05, 0) is 262 Å². The van der Waals surface area contributed by atoms with Crippen LogP contribution in [0.2, 0.25) is 0 Å². The van der Waals surface area contributed by atoms with Crippen molar-refractivity contribution in [3.8, 4) is 28.8 Å². The number of carboxylic acids is 1. The van der Waals surface area contributed by atoms with E-state index in [2.05, 4.69) is 75.5 Å². The number of hydrogen-bond donors (Lipinski definition) is 10. The Balaban J connectivity index is 0.000000179. The van der Waals surface area contributed by atoms with Gasteiger partial charge in [-0.2, -0.15) is 18.1 Å². The molecule has 0 aliphatic heterocycles. The molecule has 4 aromatic heterocycles. The number of carboxylic acid groups (broad SMARTS) is 1. The number of nitriles is 1. The molecule has 5 aliphatic rings. The number of amides is 5. The molecule has 0 bridgehead atoms. The number of nitrogen functional groups attached to an aromatic ring is 4. The summed E-state index contributed by atoms with van der Waals surface area (Å²) in [5, 5.41) is 32.7. The Morgan fingerprint density at radius 2 is 0.755 bits per heavy atom. The SMILES string of the molecule is CC(C)(C)OC(=O)c1cccc(I)c1.Cc1ccc(C(=O)NC2CC2)cc1-n1cnc(C#N)c1N.Cc1ccc(C(=O)NC2CC2)cc1-n1cnc(C(=O)c2cccc(C(=O)CC(C)C)c2)c1N.Cc1ccc(C(=O)NC2CC2)cc1-n1cnc(C(=O)c2cccc(C(=O)NC(C)C)c2)c1N.Cc1ccc(C(=O)NC2CC2)cc1-n1cnc(C(=O)c2cccc(C(=O)O)c2)c1N.[CH-]1CCCCC1.[Cl-].[Mg+2]. The van der Waals surface area contributed by atoms with Gasteiger partial charge in [-0.3, -0.25) is 61.4 Å². The standard InChI is InChI=1S/C26H28N4O3.C25H27N5O3.C22H20N4O4.C15H15N5O.C11H13IO2.C6H11.ClH.Mg/c1-15(2)11-22(31)17-5-4-6-18(12-17)24(32)23-25(27)30(14-28-23)21-13-19(8-7-16(21)3)26(33)29-20-9-10-20;1-14(2)28-24(32)17-6-4-5-16(11-17)22(31)21-23(26)30(13-27-21)20-12-18(8-7-15(20)3)25(33)29-19-9-10-19;1-12-5-6-14(21(28)25-16-7-8-16)10-17(12)26-11-24-18(20(26)23)19(27)13-3-2-4-15(9-13)22(29)30;1-9-2-3-10(15(21)19-11-4-5-11)6-13(9)20-8-18-12(7-16)14(20)17;1-11(2,3)14-10(13)8-5-4-6-9(12)7-8;1-2-4-6-5-3-1;;/h4-8,12-15,20H,9-11,27H2,1-3H3,(H,29,33);4-8,11-14,19H,9-10,26H2,1-3H3,(H,28,32)(H,29,33);2-6,9-11,16H,7-8,23H2,1H3,(H,25,28)(H,29,30);2-3,6,8,11H,4-5,17H2,1H3,(H,19,21);4-7H,1-3H3;1H,2-6H2;1H;/q;;;;;-1;;+2/p-1. The van der Waals surface area contributed by atoms with Gasteiger partial charge in [0.15, 0.2) is 28.6 Å². The number of nitrogens with two attached hydrogens (primary N) is 4. The number of aromatic nitrogens is 8. The number of carbonyl (C=O) groups excluding carboxylic acids is 10. The number of halogens is 2. The summed E-state index contributed by atoms with van der Waals surface area (Å²) in [7, 11) is 0. The van der Waals surface area contributed by atoms with Crippen molar-refractivity contribution in [2.24, 2.45) is 5.92 Å². The van der Waals surface area contributed by atoms with E-state index in [-0.39, 0.29) is 176 Å². The predicted octanol–water partition coefficient (Wildman–Crippen LogP) is 13.3. The first-order valence-electron chi connectivity index (χ1n) is 45.5. The number of Topliss-reactive ketones (excluding diaryl/α,β-unsaturated/α-hetero) is 1. The number of aryl methyl sites for hydroxylation is 4. The molecule has 0 atom stereocenters.